The van der Waals surface area contributed by atoms with Gasteiger partial charge in [-0.15, -0.1) is 0 Å². The molecule has 2 heterocycles. The van der Waals surface area contributed by atoms with Crippen molar-refractivity contribution in [3.63, 3.8) is 0 Å². The first-order valence-corrected chi connectivity index (χ1v) is 12.3. The molecule has 4 rings (SSSR count). The Labute approximate surface area is 203 Å². The van der Waals surface area contributed by atoms with Crippen molar-refractivity contribution in [3.05, 3.63) is 47.0 Å². The van der Waals surface area contributed by atoms with Gasteiger partial charge in [-0.3, -0.25) is 14.2 Å². The highest BCUT2D eigenvalue weighted by molar-refractivity contribution is 7.86. The Kier molecular flexibility index (Phi) is 5.65. The molecular weight excluding hydrogens is 502 g/mol. The molecule has 5 N–H and O–H groups in total. The van der Waals surface area contributed by atoms with E-state index in [0.717, 1.165) is 9.60 Å². The van der Waals surface area contributed by atoms with E-state index in [1.54, 1.807) is 18.2 Å². The monoisotopic (exact) mass is 519 g/mol. The lowest BCUT2D eigenvalue weighted by Crippen LogP contribution is -2.49. The molecule has 3 aromatic rings. The van der Waals surface area contributed by atoms with Crippen LogP contribution in [-0.4, -0.2) is 40.9 Å². The third kappa shape index (κ3) is 3.90. The van der Waals surface area contributed by atoms with Crippen molar-refractivity contribution in [1.29, 1.82) is 5.26 Å². The topological polar surface area (TPSA) is 179 Å². The van der Waals surface area contributed by atoms with Crippen LogP contribution in [0.4, 0.5) is 16.5 Å². The largest absolute Gasteiger partial charge is 0.370 e. The predicted molar refractivity (Wildman–Crippen MR) is 131 cm³/mol. The lowest BCUT2D eigenvalue weighted by atomic mass is 10.0. The van der Waals surface area contributed by atoms with Gasteiger partial charge in [-0.1, -0.05) is 22.9 Å². The van der Waals surface area contributed by atoms with Gasteiger partial charge in [0.2, 0.25) is 10.6 Å². The Morgan fingerprint density at radius 3 is 2.53 bits per heavy atom. The van der Waals surface area contributed by atoms with Crippen molar-refractivity contribution in [2.24, 2.45) is 16.5 Å². The number of amides is 1. The highest BCUT2D eigenvalue weighted by Crippen LogP contribution is 2.42. The maximum atomic E-state index is 13.5. The van der Waals surface area contributed by atoms with Gasteiger partial charge in [-0.05, 0) is 50.2 Å². The smallest absolute Gasteiger partial charge is 0.306 e. The average Bonchev–Trinajstić information content (AvgIpc) is 3.22. The zero-order chi connectivity index (χ0) is 25.0. The zero-order valence-corrected chi connectivity index (χ0v) is 20.2. The van der Waals surface area contributed by atoms with Crippen LogP contribution in [0.1, 0.15) is 19.4 Å². The molecule has 1 aromatic heterocycles. The fraction of sp³-hybridized carbons (Fsp3) is 0.200. The molecule has 2 aromatic carbocycles. The Bertz CT molecular complexity index is 1510. The predicted octanol–water partition coefficient (Wildman–Crippen LogP) is 2.53. The first-order chi connectivity index (χ1) is 15.8. The summed E-state index contributed by atoms with van der Waals surface area (Å²) < 4.78 is 36.2. The molecule has 0 radical (unpaired) electrons. The molecule has 11 nitrogen and oxygen atoms in total. The third-order valence-electron chi connectivity index (χ3n) is 5.27. The third-order valence-corrected chi connectivity index (χ3v) is 7.46. The van der Waals surface area contributed by atoms with E-state index in [1.807, 2.05) is 6.07 Å². The molecular formula is C20H18ClN7O4S2. The number of nitriles is 1. The van der Waals surface area contributed by atoms with Gasteiger partial charge >= 0.3 is 10.1 Å². The summed E-state index contributed by atoms with van der Waals surface area (Å²) in [4.78, 5) is 24.0. The molecule has 1 fully saturated rings. The maximum Gasteiger partial charge on any atom is 0.306 e. The summed E-state index contributed by atoms with van der Waals surface area (Å²) in [6.45, 7) is 3.07. The van der Waals surface area contributed by atoms with Gasteiger partial charge in [0.05, 0.1) is 20.8 Å². The number of nitrogens with two attached hydrogens (primary N) is 2. The lowest BCUT2D eigenvalue weighted by Gasteiger charge is -2.34. The second kappa shape index (κ2) is 8.10. The number of guanidine groups is 1. The average molecular weight is 520 g/mol. The summed E-state index contributed by atoms with van der Waals surface area (Å²) >= 11 is 7.35. The van der Waals surface area contributed by atoms with E-state index in [4.69, 9.17) is 28.3 Å². The van der Waals surface area contributed by atoms with E-state index in [-0.39, 0.29) is 22.2 Å². The van der Waals surface area contributed by atoms with Crippen molar-refractivity contribution in [2.45, 2.75) is 24.9 Å². The molecule has 1 atom stereocenters. The molecule has 1 aliphatic heterocycles. The molecule has 0 spiro atoms. The summed E-state index contributed by atoms with van der Waals surface area (Å²) in [6, 6.07) is 10.9. The van der Waals surface area contributed by atoms with Crippen LogP contribution in [0.25, 0.3) is 10.2 Å². The summed E-state index contributed by atoms with van der Waals surface area (Å²) in [7, 11) is -4.84. The van der Waals surface area contributed by atoms with E-state index < -0.39 is 27.1 Å². The van der Waals surface area contributed by atoms with Gasteiger partial charge in [-0.25, -0.2) is 4.98 Å². The minimum atomic E-state index is -4.84. The van der Waals surface area contributed by atoms with Gasteiger partial charge in [0, 0.05) is 11.4 Å². The van der Waals surface area contributed by atoms with Crippen LogP contribution in [0, 0.1) is 11.3 Å². The lowest BCUT2D eigenvalue weighted by molar-refractivity contribution is -0.120. The number of halogens is 1. The standard InChI is InChI=1S/C20H18ClN7O4S2/c1-20(2)16(29)27(11-4-3-10(9-22)13(21)7-11)19(34(30,31)32)28(20)12-5-6-15-14(8-12)25-18(33-15)26-17(23)24/h3-8,19H,1-2H3,(H,30,31,32)(H4,23,24,25,26). The minimum absolute atomic E-state index is 0.0364. The molecule has 14 heteroatoms. The van der Waals surface area contributed by atoms with Crippen LogP contribution in [0.3, 0.4) is 0 Å². The Hall–Kier alpha value is -3.44. The number of anilines is 2. The van der Waals surface area contributed by atoms with Crippen molar-refractivity contribution >= 4 is 71.6 Å². The van der Waals surface area contributed by atoms with Crippen molar-refractivity contribution < 1.29 is 17.8 Å². The minimum Gasteiger partial charge on any atom is -0.370 e. The van der Waals surface area contributed by atoms with E-state index in [9.17, 15) is 17.8 Å². The molecule has 1 amide bonds. The fourth-order valence-corrected chi connectivity index (χ4v) is 6.00. The molecule has 1 unspecified atom stereocenters. The number of carbonyl (C=O) groups excluding carboxylic acids is 1. The number of carbonyl (C=O) groups is 1. The zero-order valence-electron chi connectivity index (χ0n) is 17.8. The number of nitrogens with zero attached hydrogens (tertiary/aromatic N) is 5. The Morgan fingerprint density at radius 1 is 1.26 bits per heavy atom. The number of benzene rings is 2. The first kappa shape index (κ1) is 23.7. The SMILES string of the molecule is CC1(C)C(=O)N(c2ccc(C#N)c(Cl)c2)C(S(=O)(=O)O)N1c1ccc2sc(N=C(N)N)nc2c1. The number of rotatable bonds is 4. The van der Waals surface area contributed by atoms with Crippen LogP contribution >= 0.6 is 22.9 Å². The molecule has 0 bridgehead atoms. The summed E-state index contributed by atoms with van der Waals surface area (Å²) in [6.07, 6.45) is 0. The first-order valence-electron chi connectivity index (χ1n) is 9.64. The van der Waals surface area contributed by atoms with Gasteiger partial charge < -0.3 is 16.4 Å². The van der Waals surface area contributed by atoms with E-state index in [1.165, 1.54) is 48.3 Å². The molecule has 0 saturated carbocycles. The van der Waals surface area contributed by atoms with Crippen LogP contribution < -0.4 is 21.3 Å². The number of fused-ring (bicyclic) bond motifs is 1. The second-order valence-electron chi connectivity index (χ2n) is 7.91. The van der Waals surface area contributed by atoms with E-state index >= 15 is 0 Å². The highest BCUT2D eigenvalue weighted by Gasteiger charge is 2.57. The van der Waals surface area contributed by atoms with Crippen molar-refractivity contribution in [3.8, 4) is 6.07 Å². The normalized spacial score (nSPS) is 17.7. The van der Waals surface area contributed by atoms with Gasteiger partial charge in [0.1, 0.15) is 11.6 Å². The molecule has 34 heavy (non-hydrogen) atoms. The Balaban J connectivity index is 1.89. The quantitative estimate of drug-likeness (QED) is 0.265. The van der Waals surface area contributed by atoms with Gasteiger partial charge in [0.25, 0.3) is 5.91 Å². The van der Waals surface area contributed by atoms with Crippen LogP contribution in [-0.2, 0) is 14.9 Å². The molecule has 1 aliphatic rings. The maximum absolute atomic E-state index is 13.5. The van der Waals surface area contributed by atoms with Gasteiger partial charge in [-0.2, -0.15) is 18.7 Å². The molecule has 176 valence electrons. The molecule has 0 aliphatic carbocycles. The summed E-state index contributed by atoms with van der Waals surface area (Å²) in [5.74, 6) is -0.760. The Morgan fingerprint density at radius 2 is 1.94 bits per heavy atom. The molecule has 1 saturated heterocycles. The second-order valence-corrected chi connectivity index (χ2v) is 10.8. The fourth-order valence-electron chi connectivity index (χ4n) is 3.81. The van der Waals surface area contributed by atoms with Crippen LogP contribution in [0.2, 0.25) is 5.02 Å². The number of aromatic nitrogens is 1. The number of thiazole rings is 1. The van der Waals surface area contributed by atoms with Crippen molar-refractivity contribution in [2.75, 3.05) is 9.80 Å². The number of hydrogen-bond donors (Lipinski definition) is 3. The van der Waals surface area contributed by atoms with Crippen LogP contribution in [0.5, 0.6) is 0 Å². The number of aliphatic imine (C=N–C) groups is 1. The highest BCUT2D eigenvalue weighted by atomic mass is 35.5. The van der Waals surface area contributed by atoms with Gasteiger partial charge in [0.15, 0.2) is 5.96 Å². The van der Waals surface area contributed by atoms with Crippen LogP contribution in [0.15, 0.2) is 41.4 Å². The van der Waals surface area contributed by atoms with E-state index in [2.05, 4.69) is 9.98 Å². The van der Waals surface area contributed by atoms with E-state index in [0.29, 0.717) is 16.3 Å². The van der Waals surface area contributed by atoms with Crippen molar-refractivity contribution in [1.82, 2.24) is 4.98 Å². The summed E-state index contributed by atoms with van der Waals surface area (Å²) in [5, 5.41) is 9.48. The number of hydrogen-bond acceptors (Lipinski definition) is 8. The summed E-state index contributed by atoms with van der Waals surface area (Å²) in [5.41, 5.74) is 8.68.